The zero-order chi connectivity index (χ0) is 29.1. The average Bonchev–Trinajstić information content (AvgIpc) is 2.97. The number of carbonyl (C=O) groups excluding carboxylic acids is 2. The molecule has 2 fully saturated rings. The Morgan fingerprint density at radius 2 is 1.78 bits per heavy atom. The predicted octanol–water partition coefficient (Wildman–Crippen LogP) is 3.17. The Kier molecular flexibility index (Phi) is 8.55. The number of nitrogens with zero attached hydrogens (tertiary/aromatic N) is 3. The minimum Gasteiger partial charge on any atom is -0.371 e. The minimum absolute atomic E-state index is 0.0829. The van der Waals surface area contributed by atoms with Gasteiger partial charge in [0.25, 0.3) is 10.2 Å². The Morgan fingerprint density at radius 1 is 1.05 bits per heavy atom. The van der Waals surface area contributed by atoms with Gasteiger partial charge in [-0.25, -0.2) is 4.39 Å². The van der Waals surface area contributed by atoms with Crippen molar-refractivity contribution in [2.24, 2.45) is 0 Å². The van der Waals surface area contributed by atoms with Gasteiger partial charge in [0, 0.05) is 49.3 Å². The van der Waals surface area contributed by atoms with Gasteiger partial charge in [-0.15, -0.1) is 0 Å². The molecule has 0 radical (unpaired) electrons. The number of carbonyl (C=O) groups is 2. The molecule has 10 nitrogen and oxygen atoms in total. The maximum atomic E-state index is 13.5. The molecule has 2 aliphatic rings. The number of benzene rings is 2. The van der Waals surface area contributed by atoms with Crippen LogP contribution in [0.3, 0.4) is 0 Å². The number of likely N-dealkylation sites (N-methyl/N-ethyl adjacent to an activating group) is 1. The number of piperidine rings is 1. The van der Waals surface area contributed by atoms with Crippen molar-refractivity contribution in [1.29, 1.82) is 0 Å². The van der Waals surface area contributed by atoms with Gasteiger partial charge in [-0.2, -0.15) is 17.4 Å². The number of amides is 2. The summed E-state index contributed by atoms with van der Waals surface area (Å²) in [6.07, 6.45) is 3.04. The topological polar surface area (TPSA) is 124 Å². The lowest BCUT2D eigenvalue weighted by molar-refractivity contribution is -0.125. The third kappa shape index (κ3) is 6.67. The molecule has 2 saturated heterocycles. The molecule has 0 aliphatic carbocycles. The van der Waals surface area contributed by atoms with Crippen LogP contribution in [0.5, 0.6) is 0 Å². The van der Waals surface area contributed by atoms with Gasteiger partial charge in [-0.1, -0.05) is 41.9 Å². The van der Waals surface area contributed by atoms with Crippen molar-refractivity contribution in [3.8, 4) is 11.3 Å². The fraction of sp³-hybridized carbons (Fsp3) is 0.321. The van der Waals surface area contributed by atoms with Gasteiger partial charge in [0.2, 0.25) is 11.8 Å². The molecular weight excluding hydrogens is 571 g/mol. The largest absolute Gasteiger partial charge is 0.371 e. The minimum atomic E-state index is -4.11. The fourth-order valence-corrected chi connectivity index (χ4v) is 6.48. The molecule has 0 saturated carbocycles. The van der Waals surface area contributed by atoms with Crippen LogP contribution in [0.15, 0.2) is 66.9 Å². The normalized spacial score (nSPS) is 21.3. The highest BCUT2D eigenvalue weighted by Crippen LogP contribution is 2.26. The first-order valence-electron chi connectivity index (χ1n) is 13.2. The quantitative estimate of drug-likeness (QED) is 0.399. The molecule has 2 aromatic carbocycles. The van der Waals surface area contributed by atoms with Crippen LogP contribution in [0.4, 0.5) is 15.8 Å². The number of pyridine rings is 1. The highest BCUT2D eigenvalue weighted by atomic mass is 35.5. The van der Waals surface area contributed by atoms with Crippen LogP contribution < -0.4 is 20.3 Å². The summed E-state index contributed by atoms with van der Waals surface area (Å²) in [5, 5.41) is 5.33. The highest BCUT2D eigenvalue weighted by Gasteiger charge is 2.43. The van der Waals surface area contributed by atoms with E-state index in [-0.39, 0.29) is 23.2 Å². The molecule has 13 heteroatoms. The maximum Gasteiger partial charge on any atom is 0.280 e. The number of aromatic nitrogens is 1. The van der Waals surface area contributed by atoms with Gasteiger partial charge in [-0.05, 0) is 49.6 Å². The Hall–Kier alpha value is -3.58. The summed E-state index contributed by atoms with van der Waals surface area (Å²) in [5.41, 5.74) is 3.17. The van der Waals surface area contributed by atoms with Gasteiger partial charge in [0.15, 0.2) is 0 Å². The molecule has 3 heterocycles. The van der Waals surface area contributed by atoms with Crippen molar-refractivity contribution < 1.29 is 22.4 Å². The number of anilines is 2. The first-order chi connectivity index (χ1) is 19.6. The summed E-state index contributed by atoms with van der Waals surface area (Å²) in [4.78, 5) is 32.9. The average molecular weight is 601 g/mol. The molecule has 5 rings (SSSR count). The second kappa shape index (κ2) is 12.1. The van der Waals surface area contributed by atoms with Crippen LogP contribution in [-0.2, 0) is 19.8 Å². The molecular formula is C28H30ClFN6O4S. The molecule has 0 spiro atoms. The second-order valence-electron chi connectivity index (χ2n) is 10.1. The maximum absolute atomic E-state index is 13.5. The van der Waals surface area contributed by atoms with Crippen LogP contribution in [0, 0.1) is 5.82 Å². The zero-order valence-electron chi connectivity index (χ0n) is 22.3. The van der Waals surface area contributed by atoms with Crippen molar-refractivity contribution >= 4 is 45.0 Å². The van der Waals surface area contributed by atoms with Crippen LogP contribution in [0.2, 0.25) is 5.02 Å². The lowest BCUT2D eigenvalue weighted by Crippen LogP contribution is -2.63. The van der Waals surface area contributed by atoms with E-state index in [1.54, 1.807) is 6.20 Å². The van der Waals surface area contributed by atoms with E-state index >= 15 is 0 Å². The summed E-state index contributed by atoms with van der Waals surface area (Å²) in [6.45, 7) is 1.40. The third-order valence-electron chi connectivity index (χ3n) is 7.39. The van der Waals surface area contributed by atoms with Gasteiger partial charge in [0.05, 0.1) is 10.7 Å². The van der Waals surface area contributed by atoms with E-state index in [4.69, 9.17) is 11.6 Å². The molecule has 41 heavy (non-hydrogen) atoms. The third-order valence-corrected chi connectivity index (χ3v) is 9.28. The van der Waals surface area contributed by atoms with Crippen LogP contribution in [0.1, 0.15) is 19.3 Å². The smallest absolute Gasteiger partial charge is 0.280 e. The molecule has 0 bridgehead atoms. The van der Waals surface area contributed by atoms with Gasteiger partial charge in [-0.3, -0.25) is 14.6 Å². The SMILES string of the molecule is CN1C(C(=O)Nc2ccc(F)c(Cl)c2)CC(C(=O)NC2CCN(c3ccnc(-c4ccccc4)c3)CC2)NS1(=O)=O. The van der Waals surface area contributed by atoms with Crippen molar-refractivity contribution in [1.82, 2.24) is 19.3 Å². The Labute approximate surface area is 243 Å². The first-order valence-corrected chi connectivity index (χ1v) is 15.0. The Bertz CT molecular complexity index is 1540. The predicted molar refractivity (Wildman–Crippen MR) is 155 cm³/mol. The van der Waals surface area contributed by atoms with E-state index in [9.17, 15) is 22.4 Å². The molecule has 216 valence electrons. The molecule has 1 aromatic heterocycles. The van der Waals surface area contributed by atoms with E-state index in [2.05, 4.69) is 25.2 Å². The van der Waals surface area contributed by atoms with E-state index in [1.807, 2.05) is 42.5 Å². The number of halogens is 2. The van der Waals surface area contributed by atoms with Crippen molar-refractivity contribution in [2.45, 2.75) is 37.4 Å². The lowest BCUT2D eigenvalue weighted by Gasteiger charge is -2.37. The second-order valence-corrected chi connectivity index (χ2v) is 12.3. The van der Waals surface area contributed by atoms with Gasteiger partial charge < -0.3 is 15.5 Å². The van der Waals surface area contributed by atoms with Crippen LogP contribution in [0.25, 0.3) is 11.3 Å². The zero-order valence-corrected chi connectivity index (χ0v) is 23.8. The molecule has 2 amide bonds. The number of nitrogens with one attached hydrogen (secondary N) is 3. The summed E-state index contributed by atoms with van der Waals surface area (Å²) < 4.78 is 42.3. The lowest BCUT2D eigenvalue weighted by atomic mass is 10.0. The van der Waals surface area contributed by atoms with E-state index < -0.39 is 39.9 Å². The molecule has 3 N–H and O–H groups in total. The van der Waals surface area contributed by atoms with Gasteiger partial charge >= 0.3 is 0 Å². The number of rotatable bonds is 6. The van der Waals surface area contributed by atoms with Crippen molar-refractivity contribution in [3.05, 3.63) is 77.7 Å². The summed E-state index contributed by atoms with van der Waals surface area (Å²) >= 11 is 5.79. The van der Waals surface area contributed by atoms with Crippen molar-refractivity contribution in [2.75, 3.05) is 30.4 Å². The number of hydrogen-bond acceptors (Lipinski definition) is 6. The van der Waals surface area contributed by atoms with Crippen LogP contribution in [-0.4, -0.2) is 67.8 Å². The summed E-state index contributed by atoms with van der Waals surface area (Å²) in [6, 6.07) is 15.1. The Balaban J connectivity index is 1.19. The first kappa shape index (κ1) is 28.9. The fourth-order valence-electron chi connectivity index (χ4n) is 5.05. The van der Waals surface area contributed by atoms with E-state index in [0.717, 1.165) is 27.3 Å². The highest BCUT2D eigenvalue weighted by molar-refractivity contribution is 7.87. The summed E-state index contributed by atoms with van der Waals surface area (Å²) in [5.74, 6) is -1.79. The standard InChI is InChI=1S/C28H30ClFN6O4S/c1-35-26(28(38)33-20-7-8-23(30)22(29)15-20)17-25(34-41(35,39)40)27(37)32-19-10-13-36(14-11-19)21-9-12-31-24(16-21)18-5-3-2-4-6-18/h2-9,12,15-16,19,25-26,34H,10-11,13-14,17H2,1H3,(H,32,37)(H,33,38). The molecule has 2 aliphatic heterocycles. The van der Waals surface area contributed by atoms with Crippen molar-refractivity contribution in [3.63, 3.8) is 0 Å². The van der Waals surface area contributed by atoms with E-state index in [1.165, 1.54) is 19.2 Å². The van der Waals surface area contributed by atoms with Gasteiger partial charge in [0.1, 0.15) is 17.9 Å². The molecule has 3 aromatic rings. The Morgan fingerprint density at radius 3 is 2.49 bits per heavy atom. The van der Waals surface area contributed by atoms with E-state index in [0.29, 0.717) is 25.9 Å². The summed E-state index contributed by atoms with van der Waals surface area (Å²) in [7, 11) is -2.85. The number of hydrogen-bond donors (Lipinski definition) is 3. The molecule has 2 unspecified atom stereocenters. The monoisotopic (exact) mass is 600 g/mol. The molecule has 2 atom stereocenters. The van der Waals surface area contributed by atoms with Crippen LogP contribution >= 0.6 is 11.6 Å².